The molecular formula is C20H26N4O5S. The van der Waals surface area contributed by atoms with E-state index in [1.165, 1.54) is 33.3 Å². The number of amides is 1. The van der Waals surface area contributed by atoms with Crippen molar-refractivity contribution in [1.82, 2.24) is 14.1 Å². The maximum atomic E-state index is 12.5. The van der Waals surface area contributed by atoms with Gasteiger partial charge in [0.2, 0.25) is 10.0 Å². The molecule has 0 atom stereocenters. The lowest BCUT2D eigenvalue weighted by Crippen LogP contribution is -2.30. The smallest absolute Gasteiger partial charge is 0.331 e. The minimum Gasteiger partial charge on any atom is -0.452 e. The summed E-state index contributed by atoms with van der Waals surface area (Å²) in [6, 6.07) is 7.86. The van der Waals surface area contributed by atoms with Crippen molar-refractivity contribution in [3.63, 3.8) is 0 Å². The summed E-state index contributed by atoms with van der Waals surface area (Å²) in [5.41, 5.74) is 1.38. The number of aryl methyl sites for hydroxylation is 2. The van der Waals surface area contributed by atoms with E-state index in [1.54, 1.807) is 46.0 Å². The Balaban J connectivity index is 1.90. The fourth-order valence-electron chi connectivity index (χ4n) is 2.72. The number of aromatic nitrogens is 2. The standard InChI is InChI=1S/C20H26N4O5S/c1-5-24(6-2)30(27,28)17-10-7-16(8-11-17)9-12-20(26)29-14-19(25)21-18-13-15(3)22-23(18)4/h7-13H,5-6,14H2,1-4H3,(H,21,25)/b12-9+. The van der Waals surface area contributed by atoms with Crippen LogP contribution in [-0.2, 0) is 31.4 Å². The molecular weight excluding hydrogens is 408 g/mol. The summed E-state index contributed by atoms with van der Waals surface area (Å²) in [7, 11) is -1.84. The van der Waals surface area contributed by atoms with Gasteiger partial charge in [0.15, 0.2) is 6.61 Å². The van der Waals surface area contributed by atoms with Crippen LogP contribution in [0.3, 0.4) is 0 Å². The van der Waals surface area contributed by atoms with Crippen LogP contribution in [0.15, 0.2) is 41.3 Å². The van der Waals surface area contributed by atoms with E-state index in [0.29, 0.717) is 24.5 Å². The highest BCUT2D eigenvalue weighted by molar-refractivity contribution is 7.89. The quantitative estimate of drug-likeness (QED) is 0.477. The molecule has 2 aromatic rings. The molecule has 30 heavy (non-hydrogen) atoms. The molecule has 10 heteroatoms. The summed E-state index contributed by atoms with van der Waals surface area (Å²) >= 11 is 0. The number of carbonyl (C=O) groups excluding carboxylic acids is 2. The van der Waals surface area contributed by atoms with Gasteiger partial charge in [-0.25, -0.2) is 13.2 Å². The monoisotopic (exact) mass is 434 g/mol. The van der Waals surface area contributed by atoms with Crippen LogP contribution in [0.5, 0.6) is 0 Å². The second kappa shape index (κ2) is 10.2. The SMILES string of the molecule is CCN(CC)S(=O)(=O)c1ccc(/C=C/C(=O)OCC(=O)Nc2cc(C)nn2C)cc1. The van der Waals surface area contributed by atoms with Crippen LogP contribution in [0, 0.1) is 6.92 Å². The van der Waals surface area contributed by atoms with Crippen LogP contribution in [0.1, 0.15) is 25.1 Å². The summed E-state index contributed by atoms with van der Waals surface area (Å²) < 4.78 is 32.7. The third-order valence-electron chi connectivity index (χ3n) is 4.25. The maximum absolute atomic E-state index is 12.5. The average Bonchev–Trinajstić information content (AvgIpc) is 3.02. The first kappa shape index (κ1) is 23.3. The number of hydrogen-bond donors (Lipinski definition) is 1. The first-order valence-electron chi connectivity index (χ1n) is 9.43. The van der Waals surface area contributed by atoms with Crippen molar-refractivity contribution in [2.24, 2.45) is 7.05 Å². The molecule has 0 aliphatic rings. The fraction of sp³-hybridized carbons (Fsp3) is 0.350. The lowest BCUT2D eigenvalue weighted by Gasteiger charge is -2.18. The number of rotatable bonds is 9. The normalized spacial score (nSPS) is 11.8. The second-order valence-electron chi connectivity index (χ2n) is 6.44. The van der Waals surface area contributed by atoms with Crippen LogP contribution in [0.25, 0.3) is 6.08 Å². The van der Waals surface area contributed by atoms with Crippen molar-refractivity contribution in [3.05, 3.63) is 47.7 Å². The number of nitrogens with zero attached hydrogens (tertiary/aromatic N) is 3. The minimum absolute atomic E-state index is 0.188. The Hall–Kier alpha value is -2.98. The molecule has 1 aromatic heterocycles. The van der Waals surface area contributed by atoms with E-state index in [-0.39, 0.29) is 4.90 Å². The highest BCUT2D eigenvalue weighted by atomic mass is 32.2. The number of anilines is 1. The van der Waals surface area contributed by atoms with E-state index in [4.69, 9.17) is 4.74 Å². The zero-order chi connectivity index (χ0) is 22.3. The van der Waals surface area contributed by atoms with Crippen molar-refractivity contribution in [3.8, 4) is 0 Å². The molecule has 0 aliphatic carbocycles. The van der Waals surface area contributed by atoms with E-state index in [9.17, 15) is 18.0 Å². The van der Waals surface area contributed by atoms with E-state index >= 15 is 0 Å². The van der Waals surface area contributed by atoms with Crippen molar-refractivity contribution in [2.75, 3.05) is 25.0 Å². The zero-order valence-electron chi connectivity index (χ0n) is 17.5. The van der Waals surface area contributed by atoms with E-state index in [1.807, 2.05) is 0 Å². The lowest BCUT2D eigenvalue weighted by atomic mass is 10.2. The third-order valence-corrected chi connectivity index (χ3v) is 6.31. The summed E-state index contributed by atoms with van der Waals surface area (Å²) in [5.74, 6) is -0.666. The van der Waals surface area contributed by atoms with Crippen LogP contribution in [0.4, 0.5) is 5.82 Å². The highest BCUT2D eigenvalue weighted by Crippen LogP contribution is 2.16. The number of sulfonamides is 1. The summed E-state index contributed by atoms with van der Waals surface area (Å²) in [6.07, 6.45) is 2.66. The van der Waals surface area contributed by atoms with Gasteiger partial charge in [-0.15, -0.1) is 0 Å². The molecule has 0 radical (unpaired) electrons. The Bertz CT molecular complexity index is 1020. The van der Waals surface area contributed by atoms with Gasteiger partial charge in [0.1, 0.15) is 5.82 Å². The van der Waals surface area contributed by atoms with Gasteiger partial charge in [0.25, 0.3) is 5.91 Å². The number of hydrogen-bond acceptors (Lipinski definition) is 6. The van der Waals surface area contributed by atoms with Gasteiger partial charge in [-0.2, -0.15) is 9.40 Å². The molecule has 1 aromatic carbocycles. The molecule has 0 unspecified atom stereocenters. The summed E-state index contributed by atoms with van der Waals surface area (Å²) in [5, 5.41) is 6.70. The van der Waals surface area contributed by atoms with Crippen LogP contribution in [-0.4, -0.2) is 54.1 Å². The molecule has 9 nitrogen and oxygen atoms in total. The molecule has 0 fully saturated rings. The Labute approximate surface area is 176 Å². The van der Waals surface area contributed by atoms with Gasteiger partial charge in [-0.1, -0.05) is 26.0 Å². The van der Waals surface area contributed by atoms with Crippen LogP contribution in [0.2, 0.25) is 0 Å². The fourth-order valence-corrected chi connectivity index (χ4v) is 4.18. The van der Waals surface area contributed by atoms with E-state index < -0.39 is 28.5 Å². The number of ether oxygens (including phenoxy) is 1. The zero-order valence-corrected chi connectivity index (χ0v) is 18.3. The van der Waals surface area contributed by atoms with Gasteiger partial charge in [-0.05, 0) is 30.7 Å². The van der Waals surface area contributed by atoms with E-state index in [2.05, 4.69) is 10.4 Å². The number of esters is 1. The Morgan fingerprint density at radius 1 is 1.20 bits per heavy atom. The molecule has 1 N–H and O–H groups in total. The van der Waals surface area contributed by atoms with Crippen molar-refractivity contribution >= 4 is 33.8 Å². The predicted molar refractivity (Wildman–Crippen MR) is 113 cm³/mol. The summed E-state index contributed by atoms with van der Waals surface area (Å²) in [4.78, 5) is 23.9. The molecule has 162 valence electrons. The van der Waals surface area contributed by atoms with Crippen molar-refractivity contribution in [1.29, 1.82) is 0 Å². The first-order valence-corrected chi connectivity index (χ1v) is 10.9. The lowest BCUT2D eigenvalue weighted by molar-refractivity contribution is -0.142. The molecule has 0 saturated carbocycles. The van der Waals surface area contributed by atoms with Gasteiger partial charge < -0.3 is 10.1 Å². The maximum Gasteiger partial charge on any atom is 0.331 e. The molecule has 2 rings (SSSR count). The first-order chi connectivity index (χ1) is 14.2. The van der Waals surface area contributed by atoms with Gasteiger partial charge >= 0.3 is 5.97 Å². The van der Waals surface area contributed by atoms with Gasteiger partial charge in [-0.3, -0.25) is 9.48 Å². The van der Waals surface area contributed by atoms with Gasteiger partial charge in [0, 0.05) is 32.3 Å². The van der Waals surface area contributed by atoms with Crippen LogP contribution < -0.4 is 5.32 Å². The highest BCUT2D eigenvalue weighted by Gasteiger charge is 2.20. The molecule has 0 spiro atoms. The number of carbonyl (C=O) groups is 2. The van der Waals surface area contributed by atoms with Crippen molar-refractivity contribution < 1.29 is 22.7 Å². The molecule has 0 bridgehead atoms. The number of nitrogens with one attached hydrogen (secondary N) is 1. The summed E-state index contributed by atoms with van der Waals surface area (Å²) in [6.45, 7) is 5.70. The predicted octanol–water partition coefficient (Wildman–Crippen LogP) is 1.95. The van der Waals surface area contributed by atoms with E-state index in [0.717, 1.165) is 5.69 Å². The average molecular weight is 435 g/mol. The van der Waals surface area contributed by atoms with Crippen molar-refractivity contribution in [2.45, 2.75) is 25.7 Å². The Morgan fingerprint density at radius 2 is 1.83 bits per heavy atom. The topological polar surface area (TPSA) is 111 Å². The second-order valence-corrected chi connectivity index (χ2v) is 8.38. The molecule has 0 aliphatic heterocycles. The Morgan fingerprint density at radius 3 is 2.37 bits per heavy atom. The molecule has 1 heterocycles. The molecule has 0 saturated heterocycles. The number of benzene rings is 1. The molecule has 1 amide bonds. The Kier molecular flexibility index (Phi) is 7.90. The van der Waals surface area contributed by atoms with Crippen LogP contribution >= 0.6 is 0 Å². The minimum atomic E-state index is -3.53. The third kappa shape index (κ3) is 6.01. The van der Waals surface area contributed by atoms with Gasteiger partial charge in [0.05, 0.1) is 10.6 Å². The largest absolute Gasteiger partial charge is 0.452 e.